The Hall–Kier alpha value is -1.44. The summed E-state index contributed by atoms with van der Waals surface area (Å²) in [7, 11) is -3.87. The van der Waals surface area contributed by atoms with Crippen LogP contribution in [0.25, 0.3) is 0 Å². The van der Waals surface area contributed by atoms with Crippen molar-refractivity contribution < 1.29 is 22.5 Å². The molecule has 7 heteroatoms. The maximum Gasteiger partial charge on any atom is 0.297 e. The lowest BCUT2D eigenvalue weighted by Gasteiger charge is -2.10. The first-order valence-electron chi connectivity index (χ1n) is 5.27. The molecule has 1 amide bonds. The van der Waals surface area contributed by atoms with E-state index in [2.05, 4.69) is 9.50 Å². The molecule has 0 aliphatic carbocycles. The van der Waals surface area contributed by atoms with E-state index in [0.717, 1.165) is 5.56 Å². The van der Waals surface area contributed by atoms with Gasteiger partial charge in [0.1, 0.15) is 0 Å². The summed E-state index contributed by atoms with van der Waals surface area (Å²) < 4.78 is 28.1. The fourth-order valence-corrected chi connectivity index (χ4v) is 2.13. The van der Waals surface area contributed by atoms with Gasteiger partial charge in [0.05, 0.1) is 17.6 Å². The van der Waals surface area contributed by atoms with Gasteiger partial charge in [-0.1, -0.05) is 17.7 Å². The number of carbonyl (C=O) groups excluding carboxylic acids is 1. The van der Waals surface area contributed by atoms with Crippen LogP contribution in [0.1, 0.15) is 5.56 Å². The van der Waals surface area contributed by atoms with Crippen molar-refractivity contribution in [1.82, 2.24) is 5.32 Å². The summed E-state index contributed by atoms with van der Waals surface area (Å²) in [4.78, 5) is 10.0. The number of hydrogen-bond acceptors (Lipinski definition) is 5. The molecule has 1 atom stereocenters. The highest BCUT2D eigenvalue weighted by Crippen LogP contribution is 2.13. The summed E-state index contributed by atoms with van der Waals surface area (Å²) in [6, 6.07) is 6.17. The first-order valence-corrected chi connectivity index (χ1v) is 6.68. The smallest absolute Gasteiger partial charge is 0.297 e. The topological polar surface area (TPSA) is 92.7 Å². The minimum Gasteiger partial charge on any atom is -0.389 e. The molecule has 2 N–H and O–H groups in total. The molecule has 0 saturated heterocycles. The van der Waals surface area contributed by atoms with Crippen LogP contribution in [0.3, 0.4) is 0 Å². The van der Waals surface area contributed by atoms with Crippen LogP contribution in [0, 0.1) is 6.92 Å². The van der Waals surface area contributed by atoms with Crippen molar-refractivity contribution in [2.24, 2.45) is 0 Å². The van der Waals surface area contributed by atoms with Crippen molar-refractivity contribution in [3.8, 4) is 0 Å². The van der Waals surface area contributed by atoms with Crippen molar-refractivity contribution in [3.05, 3.63) is 29.8 Å². The quantitative estimate of drug-likeness (QED) is 0.530. The highest BCUT2D eigenvalue weighted by atomic mass is 32.2. The summed E-state index contributed by atoms with van der Waals surface area (Å²) in [6.07, 6.45) is -0.659. The lowest BCUT2D eigenvalue weighted by atomic mass is 10.2. The molecule has 0 bridgehead atoms. The maximum atomic E-state index is 11.7. The van der Waals surface area contributed by atoms with Crippen LogP contribution in [0.2, 0.25) is 0 Å². The van der Waals surface area contributed by atoms with Crippen LogP contribution in [-0.4, -0.2) is 39.2 Å². The van der Waals surface area contributed by atoms with Crippen molar-refractivity contribution in [3.63, 3.8) is 0 Å². The Bertz CT molecular complexity index is 483. The predicted molar refractivity (Wildman–Crippen MR) is 64.4 cm³/mol. The average molecular weight is 273 g/mol. The number of aliphatic hydroxyl groups excluding tert-OH is 1. The second-order valence-corrected chi connectivity index (χ2v) is 5.35. The van der Waals surface area contributed by atoms with E-state index in [4.69, 9.17) is 0 Å². The summed E-state index contributed by atoms with van der Waals surface area (Å²) in [5.41, 5.74) is 0.934. The van der Waals surface area contributed by atoms with E-state index in [1.807, 2.05) is 6.92 Å². The molecule has 0 spiro atoms. The molecule has 1 unspecified atom stereocenters. The molecule has 100 valence electrons. The van der Waals surface area contributed by atoms with E-state index in [1.165, 1.54) is 12.1 Å². The molecule has 0 aliphatic rings. The zero-order chi connectivity index (χ0) is 13.6. The molecule has 1 aromatic carbocycles. The molecule has 0 fully saturated rings. The fourth-order valence-electron chi connectivity index (χ4n) is 1.18. The lowest BCUT2D eigenvalue weighted by molar-refractivity contribution is -0.110. The third-order valence-corrected chi connectivity index (χ3v) is 3.46. The minimum absolute atomic E-state index is 0.0312. The summed E-state index contributed by atoms with van der Waals surface area (Å²) >= 11 is 0. The normalized spacial score (nSPS) is 13.0. The molecule has 18 heavy (non-hydrogen) atoms. The molecule has 0 saturated carbocycles. The van der Waals surface area contributed by atoms with Gasteiger partial charge in [0.15, 0.2) is 0 Å². The summed E-state index contributed by atoms with van der Waals surface area (Å²) in [5.74, 6) is 0. The van der Waals surface area contributed by atoms with Crippen LogP contribution < -0.4 is 5.32 Å². The van der Waals surface area contributed by atoms with Gasteiger partial charge in [-0.3, -0.25) is 8.98 Å². The molecular formula is C11H15NO5S. The fraction of sp³-hybridized carbons (Fsp3) is 0.364. The molecule has 0 aromatic heterocycles. The Morgan fingerprint density at radius 1 is 1.39 bits per heavy atom. The van der Waals surface area contributed by atoms with Crippen LogP contribution in [0.4, 0.5) is 0 Å². The number of rotatable bonds is 7. The second kappa shape index (κ2) is 6.48. The van der Waals surface area contributed by atoms with Crippen LogP contribution in [0.5, 0.6) is 0 Å². The van der Waals surface area contributed by atoms with Gasteiger partial charge in [0.25, 0.3) is 10.1 Å². The zero-order valence-corrected chi connectivity index (χ0v) is 10.7. The second-order valence-electron chi connectivity index (χ2n) is 3.73. The van der Waals surface area contributed by atoms with Crippen LogP contribution in [-0.2, 0) is 19.1 Å². The summed E-state index contributed by atoms with van der Waals surface area (Å²) in [6.45, 7) is 1.37. The Labute approximate surface area is 106 Å². The SMILES string of the molecule is Cc1ccc(S(=O)(=O)OCC(O)CNC=O)cc1. The highest BCUT2D eigenvalue weighted by molar-refractivity contribution is 7.86. The van der Waals surface area contributed by atoms with E-state index in [-0.39, 0.29) is 11.4 Å². The Kier molecular flexibility index (Phi) is 5.26. The zero-order valence-electron chi connectivity index (χ0n) is 9.87. The molecule has 0 heterocycles. The number of benzene rings is 1. The van der Waals surface area contributed by atoms with Gasteiger partial charge in [-0.2, -0.15) is 8.42 Å². The first-order chi connectivity index (χ1) is 8.45. The third-order valence-electron chi connectivity index (χ3n) is 2.16. The van der Waals surface area contributed by atoms with E-state index >= 15 is 0 Å². The average Bonchev–Trinajstić information content (AvgIpc) is 2.34. The predicted octanol–water partition coefficient (Wildman–Crippen LogP) is -0.193. The number of nitrogens with one attached hydrogen (secondary N) is 1. The van der Waals surface area contributed by atoms with Crippen molar-refractivity contribution in [2.45, 2.75) is 17.9 Å². The number of carbonyl (C=O) groups is 1. The number of hydrogen-bond donors (Lipinski definition) is 2. The molecule has 1 aromatic rings. The molecule has 6 nitrogen and oxygen atoms in total. The largest absolute Gasteiger partial charge is 0.389 e. The summed E-state index contributed by atoms with van der Waals surface area (Å²) in [5, 5.41) is 11.5. The highest BCUT2D eigenvalue weighted by Gasteiger charge is 2.17. The van der Waals surface area contributed by atoms with Crippen LogP contribution >= 0.6 is 0 Å². The lowest BCUT2D eigenvalue weighted by Crippen LogP contribution is -2.30. The first kappa shape index (κ1) is 14.6. The number of aryl methyl sites for hydroxylation is 1. The van der Waals surface area contributed by atoms with E-state index in [9.17, 15) is 18.3 Å². The van der Waals surface area contributed by atoms with Gasteiger partial charge in [-0.15, -0.1) is 0 Å². The number of amides is 1. The van der Waals surface area contributed by atoms with Crippen molar-refractivity contribution in [2.75, 3.05) is 13.2 Å². The van der Waals surface area contributed by atoms with Gasteiger partial charge >= 0.3 is 0 Å². The third kappa shape index (κ3) is 4.44. The van der Waals surface area contributed by atoms with Gasteiger partial charge in [-0.05, 0) is 19.1 Å². The van der Waals surface area contributed by atoms with Gasteiger partial charge in [-0.25, -0.2) is 0 Å². The minimum atomic E-state index is -3.87. The molecular weight excluding hydrogens is 258 g/mol. The Balaban J connectivity index is 2.60. The monoisotopic (exact) mass is 273 g/mol. The standard InChI is InChI=1S/C11H15NO5S/c1-9-2-4-11(5-3-9)18(15,16)17-7-10(14)6-12-8-13/h2-5,8,10,14H,6-7H2,1H3,(H,12,13). The molecule has 1 rings (SSSR count). The van der Waals surface area contributed by atoms with Gasteiger partial charge < -0.3 is 10.4 Å². The van der Waals surface area contributed by atoms with E-state index < -0.39 is 22.8 Å². The Morgan fingerprint density at radius 2 is 2.00 bits per heavy atom. The Morgan fingerprint density at radius 3 is 2.56 bits per heavy atom. The van der Waals surface area contributed by atoms with Crippen molar-refractivity contribution >= 4 is 16.5 Å². The maximum absolute atomic E-state index is 11.7. The molecule has 0 radical (unpaired) electrons. The number of aliphatic hydroxyl groups is 1. The van der Waals surface area contributed by atoms with Gasteiger partial charge in [0.2, 0.25) is 6.41 Å². The molecule has 0 aliphatic heterocycles. The van der Waals surface area contributed by atoms with Gasteiger partial charge in [0, 0.05) is 6.54 Å². The van der Waals surface area contributed by atoms with Crippen LogP contribution in [0.15, 0.2) is 29.2 Å². The van der Waals surface area contributed by atoms with E-state index in [1.54, 1.807) is 12.1 Å². The van der Waals surface area contributed by atoms with E-state index in [0.29, 0.717) is 6.41 Å². The van der Waals surface area contributed by atoms with Crippen molar-refractivity contribution in [1.29, 1.82) is 0 Å².